The van der Waals surface area contributed by atoms with Gasteiger partial charge in [-0.1, -0.05) is 6.07 Å². The number of anilines is 1. The third-order valence-electron chi connectivity index (χ3n) is 3.67. The number of aromatic nitrogens is 2. The standard InChI is InChI=1S/C15H13N3O/c1-19-11-4-2-9-6-13-15(12(9)7-11)17-14-5-3-10(16)8-18(13)14/h2-5,7-8H,6,16H2,1H3. The molecule has 19 heavy (non-hydrogen) atoms. The third-order valence-corrected chi connectivity index (χ3v) is 3.67. The van der Waals surface area contributed by atoms with Crippen LogP contribution in [0.2, 0.25) is 0 Å². The average molecular weight is 251 g/mol. The van der Waals surface area contributed by atoms with Gasteiger partial charge < -0.3 is 14.9 Å². The van der Waals surface area contributed by atoms with Crippen LogP contribution < -0.4 is 10.5 Å². The molecule has 4 rings (SSSR count). The van der Waals surface area contributed by atoms with E-state index in [1.54, 1.807) is 7.11 Å². The molecule has 0 unspecified atom stereocenters. The zero-order valence-electron chi connectivity index (χ0n) is 10.6. The fourth-order valence-corrected chi connectivity index (χ4v) is 2.73. The lowest BCUT2D eigenvalue weighted by Gasteiger charge is -2.03. The minimum Gasteiger partial charge on any atom is -0.497 e. The molecule has 0 fully saturated rings. The molecule has 2 heterocycles. The van der Waals surface area contributed by atoms with Gasteiger partial charge in [0.05, 0.1) is 18.5 Å². The van der Waals surface area contributed by atoms with E-state index in [-0.39, 0.29) is 0 Å². The third kappa shape index (κ3) is 1.37. The Hall–Kier alpha value is -2.49. The minimum absolute atomic E-state index is 0.751. The van der Waals surface area contributed by atoms with Crippen LogP contribution in [0.15, 0.2) is 36.5 Å². The topological polar surface area (TPSA) is 52.5 Å². The lowest BCUT2D eigenvalue weighted by molar-refractivity contribution is 0.415. The van der Waals surface area contributed by atoms with E-state index in [9.17, 15) is 0 Å². The van der Waals surface area contributed by atoms with E-state index in [2.05, 4.69) is 16.5 Å². The summed E-state index contributed by atoms with van der Waals surface area (Å²) in [6.45, 7) is 0. The number of nitrogens with zero attached hydrogens (tertiary/aromatic N) is 2. The minimum atomic E-state index is 0.751. The van der Waals surface area contributed by atoms with Gasteiger partial charge in [-0.2, -0.15) is 0 Å². The molecule has 2 aromatic heterocycles. The lowest BCUT2D eigenvalue weighted by atomic mass is 10.1. The van der Waals surface area contributed by atoms with Crippen molar-refractivity contribution in [3.8, 4) is 17.0 Å². The van der Waals surface area contributed by atoms with E-state index < -0.39 is 0 Å². The first kappa shape index (κ1) is 10.4. The van der Waals surface area contributed by atoms with Gasteiger partial charge >= 0.3 is 0 Å². The van der Waals surface area contributed by atoms with Crippen molar-refractivity contribution in [2.45, 2.75) is 6.42 Å². The molecule has 0 spiro atoms. The number of methoxy groups -OCH3 is 1. The number of hydrogen-bond acceptors (Lipinski definition) is 3. The maximum absolute atomic E-state index is 5.86. The number of rotatable bonds is 1. The van der Waals surface area contributed by atoms with Crippen molar-refractivity contribution in [3.05, 3.63) is 47.8 Å². The first-order chi connectivity index (χ1) is 9.26. The molecule has 0 aliphatic heterocycles. The summed E-state index contributed by atoms with van der Waals surface area (Å²) in [7, 11) is 1.68. The fourth-order valence-electron chi connectivity index (χ4n) is 2.73. The van der Waals surface area contributed by atoms with Crippen molar-refractivity contribution in [1.29, 1.82) is 0 Å². The first-order valence-corrected chi connectivity index (χ1v) is 6.20. The lowest BCUT2D eigenvalue weighted by Crippen LogP contribution is -1.94. The smallest absolute Gasteiger partial charge is 0.137 e. The Kier molecular flexibility index (Phi) is 1.93. The maximum Gasteiger partial charge on any atom is 0.137 e. The summed E-state index contributed by atoms with van der Waals surface area (Å²) < 4.78 is 7.37. The molecule has 2 N–H and O–H groups in total. The Morgan fingerprint density at radius 1 is 1.26 bits per heavy atom. The molecule has 3 aromatic rings. The quantitative estimate of drug-likeness (QED) is 0.565. The van der Waals surface area contributed by atoms with E-state index in [1.807, 2.05) is 24.4 Å². The van der Waals surface area contributed by atoms with Crippen molar-refractivity contribution in [2.24, 2.45) is 0 Å². The predicted octanol–water partition coefficient (Wildman–Crippen LogP) is 2.50. The highest BCUT2D eigenvalue weighted by Gasteiger charge is 2.24. The highest BCUT2D eigenvalue weighted by molar-refractivity contribution is 5.76. The molecule has 94 valence electrons. The average Bonchev–Trinajstić information content (AvgIpc) is 2.94. The Morgan fingerprint density at radius 3 is 3.00 bits per heavy atom. The molecule has 4 heteroatoms. The van der Waals surface area contributed by atoms with Gasteiger partial charge in [0.25, 0.3) is 0 Å². The largest absolute Gasteiger partial charge is 0.497 e. The molecular weight excluding hydrogens is 238 g/mol. The molecule has 0 bridgehead atoms. The van der Waals surface area contributed by atoms with Crippen LogP contribution in [0.1, 0.15) is 11.3 Å². The molecule has 0 radical (unpaired) electrons. The highest BCUT2D eigenvalue weighted by atomic mass is 16.5. The number of imidazole rings is 1. The van der Waals surface area contributed by atoms with Crippen LogP contribution in [-0.2, 0) is 6.42 Å². The highest BCUT2D eigenvalue weighted by Crippen LogP contribution is 2.38. The first-order valence-electron chi connectivity index (χ1n) is 6.20. The number of pyridine rings is 1. The van der Waals surface area contributed by atoms with E-state index in [0.29, 0.717) is 0 Å². The molecule has 0 amide bonds. The number of ether oxygens (including phenoxy) is 1. The Morgan fingerprint density at radius 2 is 2.16 bits per heavy atom. The number of fused-ring (bicyclic) bond motifs is 5. The van der Waals surface area contributed by atoms with Crippen LogP contribution in [0.25, 0.3) is 16.9 Å². The number of hydrogen-bond donors (Lipinski definition) is 1. The van der Waals surface area contributed by atoms with E-state index in [4.69, 9.17) is 15.5 Å². The summed E-state index contributed by atoms with van der Waals surface area (Å²) >= 11 is 0. The van der Waals surface area contributed by atoms with Crippen LogP contribution in [0, 0.1) is 0 Å². The molecule has 0 atom stereocenters. The summed E-state index contributed by atoms with van der Waals surface area (Å²) in [6, 6.07) is 9.98. The summed E-state index contributed by atoms with van der Waals surface area (Å²) in [5.74, 6) is 0.864. The van der Waals surface area contributed by atoms with Crippen molar-refractivity contribution < 1.29 is 4.74 Å². The Labute approximate surface area is 110 Å². The molecule has 0 saturated carbocycles. The zero-order valence-corrected chi connectivity index (χ0v) is 10.6. The van der Waals surface area contributed by atoms with Crippen LogP contribution >= 0.6 is 0 Å². The molecule has 1 aliphatic carbocycles. The summed E-state index contributed by atoms with van der Waals surface area (Å²) in [5, 5.41) is 0. The van der Waals surface area contributed by atoms with E-state index in [1.165, 1.54) is 11.3 Å². The second-order valence-electron chi connectivity index (χ2n) is 4.80. The number of nitrogens with two attached hydrogens (primary N) is 1. The maximum atomic E-state index is 5.86. The van der Waals surface area contributed by atoms with Gasteiger partial charge in [0.15, 0.2) is 0 Å². The van der Waals surface area contributed by atoms with E-state index >= 15 is 0 Å². The van der Waals surface area contributed by atoms with Crippen LogP contribution in [-0.4, -0.2) is 16.5 Å². The number of nitrogen functional groups attached to an aromatic ring is 1. The van der Waals surface area contributed by atoms with Gasteiger partial charge in [-0.3, -0.25) is 0 Å². The SMILES string of the molecule is COc1ccc2c(c1)-c1nc3ccc(N)cn3c1C2. The summed E-state index contributed by atoms with van der Waals surface area (Å²) in [4.78, 5) is 4.70. The van der Waals surface area contributed by atoms with Crippen LogP contribution in [0.3, 0.4) is 0 Å². The van der Waals surface area contributed by atoms with Crippen molar-refractivity contribution >= 4 is 11.3 Å². The fraction of sp³-hybridized carbons (Fsp3) is 0.133. The second-order valence-corrected chi connectivity index (χ2v) is 4.80. The van der Waals surface area contributed by atoms with Gasteiger partial charge in [0, 0.05) is 23.9 Å². The van der Waals surface area contributed by atoms with Gasteiger partial charge in [0.1, 0.15) is 11.4 Å². The Balaban J connectivity index is 2.00. The molecule has 1 aliphatic rings. The van der Waals surface area contributed by atoms with Gasteiger partial charge in [-0.15, -0.1) is 0 Å². The van der Waals surface area contributed by atoms with Crippen LogP contribution in [0.5, 0.6) is 5.75 Å². The van der Waals surface area contributed by atoms with Crippen LogP contribution in [0.4, 0.5) is 5.69 Å². The van der Waals surface area contributed by atoms with Gasteiger partial charge in [-0.05, 0) is 29.8 Å². The second kappa shape index (κ2) is 3.51. The monoisotopic (exact) mass is 251 g/mol. The molecular formula is C15H13N3O. The van der Waals surface area contributed by atoms with Gasteiger partial charge in [0.2, 0.25) is 0 Å². The predicted molar refractivity (Wildman–Crippen MR) is 74.4 cm³/mol. The Bertz CT molecular complexity index is 805. The van der Waals surface area contributed by atoms with Crippen molar-refractivity contribution in [1.82, 2.24) is 9.38 Å². The van der Waals surface area contributed by atoms with Crippen molar-refractivity contribution in [2.75, 3.05) is 12.8 Å². The summed E-state index contributed by atoms with van der Waals surface area (Å²) in [5.41, 5.74) is 12.2. The van der Waals surface area contributed by atoms with E-state index in [0.717, 1.165) is 34.8 Å². The zero-order chi connectivity index (χ0) is 13.0. The summed E-state index contributed by atoms with van der Waals surface area (Å²) in [6.07, 6.45) is 2.82. The molecule has 4 nitrogen and oxygen atoms in total. The normalized spacial score (nSPS) is 12.5. The molecule has 1 aromatic carbocycles. The van der Waals surface area contributed by atoms with Crippen molar-refractivity contribution in [3.63, 3.8) is 0 Å². The number of benzene rings is 1. The van der Waals surface area contributed by atoms with Gasteiger partial charge in [-0.25, -0.2) is 4.98 Å². The molecule has 0 saturated heterocycles.